The highest BCUT2D eigenvalue weighted by Gasteiger charge is 2.27. The first-order chi connectivity index (χ1) is 13.2. The van der Waals surface area contributed by atoms with Crippen molar-refractivity contribution in [3.63, 3.8) is 0 Å². The van der Waals surface area contributed by atoms with Gasteiger partial charge in [-0.25, -0.2) is 4.68 Å². The van der Waals surface area contributed by atoms with Crippen LogP contribution in [-0.2, 0) is 24.4 Å². The van der Waals surface area contributed by atoms with E-state index >= 15 is 0 Å². The van der Waals surface area contributed by atoms with Crippen molar-refractivity contribution in [3.8, 4) is 5.75 Å². The van der Waals surface area contributed by atoms with Crippen LogP contribution in [0.15, 0.2) is 48.7 Å². The molecule has 138 valence electrons. The van der Waals surface area contributed by atoms with Gasteiger partial charge in [0.1, 0.15) is 11.9 Å². The molecule has 27 heavy (non-hydrogen) atoms. The number of methoxy groups -OCH3 is 1. The molecule has 1 aromatic carbocycles. The molecule has 4 rings (SSSR count). The van der Waals surface area contributed by atoms with Crippen LogP contribution in [0.1, 0.15) is 33.5 Å². The molecule has 1 aliphatic heterocycles. The van der Waals surface area contributed by atoms with Crippen molar-refractivity contribution in [2.75, 3.05) is 7.11 Å². The average Bonchev–Trinajstić information content (AvgIpc) is 3.16. The van der Waals surface area contributed by atoms with E-state index in [-0.39, 0.29) is 18.6 Å². The van der Waals surface area contributed by atoms with Crippen LogP contribution in [0.2, 0.25) is 0 Å². The molecule has 0 aliphatic carbocycles. The third-order valence-corrected chi connectivity index (χ3v) is 4.46. The van der Waals surface area contributed by atoms with Crippen LogP contribution >= 0.6 is 0 Å². The maximum atomic E-state index is 12.4. The Morgan fingerprint density at radius 1 is 1.30 bits per heavy atom. The number of aromatic nitrogens is 4. The van der Waals surface area contributed by atoms with E-state index in [0.717, 1.165) is 17.0 Å². The number of ether oxygens (including phenoxy) is 2. The molecule has 3 heterocycles. The number of amides is 1. The maximum absolute atomic E-state index is 12.4. The highest BCUT2D eigenvalue weighted by atomic mass is 16.5. The van der Waals surface area contributed by atoms with Crippen molar-refractivity contribution in [2.45, 2.75) is 25.8 Å². The van der Waals surface area contributed by atoms with E-state index in [1.807, 2.05) is 42.5 Å². The van der Waals surface area contributed by atoms with Gasteiger partial charge in [0.25, 0.3) is 5.91 Å². The van der Waals surface area contributed by atoms with Gasteiger partial charge >= 0.3 is 0 Å². The fourth-order valence-electron chi connectivity index (χ4n) is 2.97. The second kappa shape index (κ2) is 7.55. The fourth-order valence-corrected chi connectivity index (χ4v) is 2.97. The molecule has 0 spiro atoms. The number of carbonyl (C=O) groups is 1. The molecular formula is C19H19N5O3. The van der Waals surface area contributed by atoms with Crippen LogP contribution < -0.4 is 10.1 Å². The Kier molecular flexibility index (Phi) is 4.80. The summed E-state index contributed by atoms with van der Waals surface area (Å²) in [6.07, 6.45) is 1.55. The number of benzene rings is 1. The molecule has 1 amide bonds. The van der Waals surface area contributed by atoms with Crippen LogP contribution in [0.4, 0.5) is 0 Å². The van der Waals surface area contributed by atoms with Gasteiger partial charge in [0.05, 0.1) is 38.2 Å². The second-order valence-corrected chi connectivity index (χ2v) is 6.14. The Labute approximate surface area is 156 Å². The van der Waals surface area contributed by atoms with Gasteiger partial charge in [-0.1, -0.05) is 23.4 Å². The van der Waals surface area contributed by atoms with Crippen molar-refractivity contribution in [3.05, 3.63) is 71.3 Å². The van der Waals surface area contributed by atoms with Gasteiger partial charge in [-0.2, -0.15) is 0 Å². The zero-order valence-corrected chi connectivity index (χ0v) is 14.8. The number of fused-ring (bicyclic) bond motifs is 1. The molecule has 8 heteroatoms. The van der Waals surface area contributed by atoms with E-state index in [2.05, 4.69) is 20.6 Å². The first kappa shape index (κ1) is 17.2. The van der Waals surface area contributed by atoms with Crippen molar-refractivity contribution in [1.29, 1.82) is 0 Å². The summed E-state index contributed by atoms with van der Waals surface area (Å²) < 4.78 is 12.9. The van der Waals surface area contributed by atoms with Crippen LogP contribution in [-0.4, -0.2) is 33.0 Å². The Balaban J connectivity index is 1.44. The lowest BCUT2D eigenvalue weighted by atomic mass is 10.1. The summed E-state index contributed by atoms with van der Waals surface area (Å²) in [5, 5.41) is 11.0. The average molecular weight is 365 g/mol. The quantitative estimate of drug-likeness (QED) is 0.742. The number of hydrogen-bond donors (Lipinski definition) is 1. The van der Waals surface area contributed by atoms with E-state index in [1.54, 1.807) is 18.0 Å². The normalized spacial score (nSPS) is 15.8. The Hall–Kier alpha value is -3.26. The summed E-state index contributed by atoms with van der Waals surface area (Å²) in [5.74, 6) is 0.510. The van der Waals surface area contributed by atoms with E-state index in [0.29, 0.717) is 24.5 Å². The zero-order chi connectivity index (χ0) is 18.6. The van der Waals surface area contributed by atoms with Crippen molar-refractivity contribution in [2.24, 2.45) is 0 Å². The minimum atomic E-state index is -0.284. The number of rotatable bonds is 5. The fraction of sp³-hybridized carbons (Fsp3) is 0.263. The van der Waals surface area contributed by atoms with Crippen molar-refractivity contribution < 1.29 is 14.3 Å². The van der Waals surface area contributed by atoms with Crippen LogP contribution in [0.3, 0.4) is 0 Å². The first-order valence-corrected chi connectivity index (χ1v) is 8.60. The van der Waals surface area contributed by atoms with Crippen LogP contribution in [0, 0.1) is 0 Å². The Morgan fingerprint density at radius 2 is 2.15 bits per heavy atom. The molecule has 3 aromatic rings. The third kappa shape index (κ3) is 3.65. The zero-order valence-electron chi connectivity index (χ0n) is 14.8. The monoisotopic (exact) mass is 365 g/mol. The lowest BCUT2D eigenvalue weighted by Crippen LogP contribution is -2.27. The van der Waals surface area contributed by atoms with Crippen molar-refractivity contribution >= 4 is 5.91 Å². The summed E-state index contributed by atoms with van der Waals surface area (Å²) in [5.41, 5.74) is 2.78. The molecular weight excluding hydrogens is 346 g/mol. The number of nitrogens with one attached hydrogen (secondary N) is 1. The molecule has 1 N–H and O–H groups in total. The predicted octanol–water partition coefficient (Wildman–Crippen LogP) is 1.88. The highest BCUT2D eigenvalue weighted by molar-refractivity contribution is 5.93. The molecule has 0 bridgehead atoms. The molecule has 0 unspecified atom stereocenters. The van der Waals surface area contributed by atoms with Crippen LogP contribution in [0.5, 0.6) is 5.75 Å². The summed E-state index contributed by atoms with van der Waals surface area (Å²) in [4.78, 5) is 16.6. The number of hydrogen-bond acceptors (Lipinski definition) is 6. The lowest BCUT2D eigenvalue weighted by Gasteiger charge is -2.24. The minimum Gasteiger partial charge on any atom is -0.497 e. The summed E-state index contributed by atoms with van der Waals surface area (Å²) >= 11 is 0. The smallest absolute Gasteiger partial charge is 0.274 e. The van der Waals surface area contributed by atoms with Gasteiger partial charge < -0.3 is 14.8 Å². The number of nitrogens with zero attached hydrogens (tertiary/aromatic N) is 4. The largest absolute Gasteiger partial charge is 0.497 e. The molecule has 1 atom stereocenters. The predicted molar refractivity (Wildman–Crippen MR) is 96.0 cm³/mol. The van der Waals surface area contributed by atoms with E-state index in [9.17, 15) is 4.79 Å². The lowest BCUT2D eigenvalue weighted by molar-refractivity contribution is -0.00179. The van der Waals surface area contributed by atoms with Gasteiger partial charge in [0, 0.05) is 6.20 Å². The summed E-state index contributed by atoms with van der Waals surface area (Å²) in [7, 11) is 1.63. The van der Waals surface area contributed by atoms with E-state index in [1.165, 1.54) is 0 Å². The van der Waals surface area contributed by atoms with Crippen LogP contribution in [0.25, 0.3) is 0 Å². The van der Waals surface area contributed by atoms with Gasteiger partial charge in [0.2, 0.25) is 0 Å². The SMILES string of the molecule is COc1ccc([C@H]2Cn3nnc(C(=O)NCc4ccccn4)c3CO2)cc1. The minimum absolute atomic E-state index is 0.144. The summed E-state index contributed by atoms with van der Waals surface area (Å²) in [6, 6.07) is 13.3. The molecule has 0 radical (unpaired) electrons. The highest BCUT2D eigenvalue weighted by Crippen LogP contribution is 2.28. The molecule has 0 fully saturated rings. The van der Waals surface area contributed by atoms with Crippen molar-refractivity contribution in [1.82, 2.24) is 25.3 Å². The number of carbonyl (C=O) groups excluding carboxylic acids is 1. The number of pyridine rings is 1. The van der Waals surface area contributed by atoms with E-state index < -0.39 is 0 Å². The first-order valence-electron chi connectivity index (χ1n) is 8.60. The standard InChI is InChI=1S/C19H19N5O3/c1-26-15-7-5-13(6-8-15)17-11-24-16(12-27-17)18(22-23-24)19(25)21-10-14-4-2-3-9-20-14/h2-9,17H,10-12H2,1H3,(H,21,25)/t17-/m1/s1. The van der Waals surface area contributed by atoms with Gasteiger partial charge in [-0.3, -0.25) is 9.78 Å². The van der Waals surface area contributed by atoms with Gasteiger partial charge in [-0.15, -0.1) is 5.10 Å². The van der Waals surface area contributed by atoms with Gasteiger partial charge in [-0.05, 0) is 29.8 Å². The topological polar surface area (TPSA) is 91.2 Å². The molecule has 1 aliphatic rings. The van der Waals surface area contributed by atoms with Gasteiger partial charge in [0.15, 0.2) is 5.69 Å². The second-order valence-electron chi connectivity index (χ2n) is 6.14. The molecule has 2 aromatic heterocycles. The molecule has 0 saturated heterocycles. The Bertz CT molecular complexity index is 924. The Morgan fingerprint density at radius 3 is 2.89 bits per heavy atom. The maximum Gasteiger partial charge on any atom is 0.274 e. The summed E-state index contributed by atoms with van der Waals surface area (Å²) in [6.45, 7) is 1.11. The van der Waals surface area contributed by atoms with E-state index in [4.69, 9.17) is 9.47 Å². The molecule has 8 nitrogen and oxygen atoms in total. The third-order valence-electron chi connectivity index (χ3n) is 4.46. The molecule has 0 saturated carbocycles.